The zero-order chi connectivity index (χ0) is 23.4. The molecule has 2 N–H and O–H groups in total. The van der Waals surface area contributed by atoms with Gasteiger partial charge in [0.25, 0.3) is 5.91 Å². The van der Waals surface area contributed by atoms with E-state index in [1.807, 2.05) is 84.0 Å². The standard InChI is InChI=1S/C26H30N2O4/c1-25(2,3)22(29)16-11-17-14-27-23(30)21(17)18(12-16)20-13-15-9-7-8-10-19(15)28(20)24(31)32-26(4,5)6/h7-13,22,29H,14H2,1-6H3,(H,27,30). The summed E-state index contributed by atoms with van der Waals surface area (Å²) in [5, 5.41) is 14.7. The highest BCUT2D eigenvalue weighted by atomic mass is 16.6. The maximum atomic E-state index is 13.3. The maximum absolute atomic E-state index is 13.3. The van der Waals surface area contributed by atoms with Gasteiger partial charge in [-0.05, 0) is 55.5 Å². The number of benzene rings is 2. The molecule has 0 fully saturated rings. The zero-order valence-corrected chi connectivity index (χ0v) is 19.4. The van der Waals surface area contributed by atoms with Crippen molar-refractivity contribution < 1.29 is 19.4 Å². The van der Waals surface area contributed by atoms with E-state index in [0.717, 1.165) is 10.9 Å². The van der Waals surface area contributed by atoms with Crippen LogP contribution in [0.15, 0.2) is 42.5 Å². The number of aromatic nitrogens is 1. The van der Waals surface area contributed by atoms with Crippen molar-refractivity contribution in [3.8, 4) is 11.3 Å². The molecule has 2 aromatic carbocycles. The molecule has 0 aliphatic carbocycles. The van der Waals surface area contributed by atoms with Gasteiger partial charge >= 0.3 is 6.09 Å². The van der Waals surface area contributed by atoms with Crippen LogP contribution in [-0.4, -0.2) is 27.3 Å². The molecule has 0 spiro atoms. The van der Waals surface area contributed by atoms with E-state index in [1.54, 1.807) is 0 Å². The fourth-order valence-electron chi connectivity index (χ4n) is 4.12. The number of nitrogens with one attached hydrogen (secondary N) is 1. The van der Waals surface area contributed by atoms with Gasteiger partial charge in [-0.1, -0.05) is 45.0 Å². The lowest BCUT2D eigenvalue weighted by atomic mass is 9.83. The molecule has 0 saturated carbocycles. The number of carbonyl (C=O) groups excluding carboxylic acids is 2. The zero-order valence-electron chi connectivity index (χ0n) is 19.4. The van der Waals surface area contributed by atoms with Crippen molar-refractivity contribution in [1.29, 1.82) is 0 Å². The van der Waals surface area contributed by atoms with E-state index in [1.165, 1.54) is 4.57 Å². The Hall–Kier alpha value is -3.12. The maximum Gasteiger partial charge on any atom is 0.419 e. The molecule has 3 aromatic rings. The Bertz CT molecular complexity index is 1230. The summed E-state index contributed by atoms with van der Waals surface area (Å²) in [5.41, 5.74) is 2.86. The quantitative estimate of drug-likeness (QED) is 0.565. The van der Waals surface area contributed by atoms with Gasteiger partial charge < -0.3 is 15.2 Å². The second kappa shape index (κ2) is 7.48. The van der Waals surface area contributed by atoms with Gasteiger partial charge in [0.05, 0.1) is 22.9 Å². The summed E-state index contributed by atoms with van der Waals surface area (Å²) in [4.78, 5) is 26.0. The van der Waals surface area contributed by atoms with Crippen LogP contribution in [0.4, 0.5) is 4.79 Å². The van der Waals surface area contributed by atoms with Crippen molar-refractivity contribution in [1.82, 2.24) is 9.88 Å². The molecule has 6 heteroatoms. The Kier molecular flexibility index (Phi) is 5.17. The third-order valence-corrected chi connectivity index (χ3v) is 5.61. The van der Waals surface area contributed by atoms with Crippen LogP contribution in [-0.2, 0) is 11.3 Å². The molecule has 0 bridgehead atoms. The second-order valence-electron chi connectivity index (χ2n) is 10.5. The highest BCUT2D eigenvalue weighted by Crippen LogP contribution is 2.40. The van der Waals surface area contributed by atoms with E-state index in [0.29, 0.717) is 34.4 Å². The molecule has 0 saturated heterocycles. The Balaban J connectivity index is 2.00. The molecule has 1 unspecified atom stereocenters. The lowest BCUT2D eigenvalue weighted by molar-refractivity contribution is 0.0547. The van der Waals surface area contributed by atoms with Crippen molar-refractivity contribution in [2.75, 3.05) is 0 Å². The van der Waals surface area contributed by atoms with Gasteiger partial charge in [-0.25, -0.2) is 9.36 Å². The van der Waals surface area contributed by atoms with E-state index in [2.05, 4.69) is 5.32 Å². The fourth-order valence-corrected chi connectivity index (χ4v) is 4.12. The first-order chi connectivity index (χ1) is 14.9. The number of rotatable bonds is 2. The van der Waals surface area contributed by atoms with Crippen molar-refractivity contribution in [2.24, 2.45) is 5.41 Å². The van der Waals surface area contributed by atoms with Crippen molar-refractivity contribution in [3.05, 3.63) is 59.2 Å². The van der Waals surface area contributed by atoms with Crippen LogP contribution in [0.3, 0.4) is 0 Å². The number of fused-ring (bicyclic) bond motifs is 2. The second-order valence-corrected chi connectivity index (χ2v) is 10.5. The SMILES string of the molecule is CC(C)(C)OC(=O)n1c(-c2cc(C(O)C(C)(C)C)cc3c2C(=O)NC3)cc2ccccc21. The third kappa shape index (κ3) is 3.91. The summed E-state index contributed by atoms with van der Waals surface area (Å²) in [6.45, 7) is 11.7. The molecule has 1 aliphatic heterocycles. The van der Waals surface area contributed by atoms with Crippen LogP contribution in [0.25, 0.3) is 22.2 Å². The lowest BCUT2D eigenvalue weighted by Gasteiger charge is -2.27. The van der Waals surface area contributed by atoms with E-state index in [9.17, 15) is 14.7 Å². The van der Waals surface area contributed by atoms with Crippen molar-refractivity contribution in [3.63, 3.8) is 0 Å². The summed E-state index contributed by atoms with van der Waals surface area (Å²) in [5.74, 6) is -0.187. The monoisotopic (exact) mass is 434 g/mol. The number of aliphatic hydroxyl groups is 1. The Morgan fingerprint density at radius 3 is 2.44 bits per heavy atom. The Labute approximate surface area is 188 Å². The van der Waals surface area contributed by atoms with Crippen molar-refractivity contribution in [2.45, 2.75) is 59.8 Å². The van der Waals surface area contributed by atoms with Gasteiger partial charge in [-0.3, -0.25) is 4.79 Å². The molecule has 1 aromatic heterocycles. The molecule has 1 atom stereocenters. The minimum Gasteiger partial charge on any atom is -0.443 e. The number of ether oxygens (including phenoxy) is 1. The van der Waals surface area contributed by atoms with Gasteiger partial charge in [0.1, 0.15) is 5.60 Å². The first kappa shape index (κ1) is 22.1. The summed E-state index contributed by atoms with van der Waals surface area (Å²) in [6, 6.07) is 13.2. The number of aliphatic hydroxyl groups excluding tert-OH is 1. The largest absolute Gasteiger partial charge is 0.443 e. The van der Waals surface area contributed by atoms with Gasteiger partial charge in [0, 0.05) is 17.5 Å². The smallest absolute Gasteiger partial charge is 0.419 e. The average molecular weight is 435 g/mol. The van der Waals surface area contributed by atoms with E-state index >= 15 is 0 Å². The molecule has 1 amide bonds. The van der Waals surface area contributed by atoms with Crippen molar-refractivity contribution >= 4 is 22.9 Å². The summed E-state index contributed by atoms with van der Waals surface area (Å²) in [6.07, 6.45) is -1.25. The Morgan fingerprint density at radius 2 is 1.78 bits per heavy atom. The molecule has 4 rings (SSSR count). The lowest BCUT2D eigenvalue weighted by Crippen LogP contribution is -2.27. The third-order valence-electron chi connectivity index (χ3n) is 5.61. The summed E-state index contributed by atoms with van der Waals surface area (Å²) >= 11 is 0. The molecule has 2 heterocycles. The minimum absolute atomic E-state index is 0.187. The predicted octanol–water partition coefficient (Wildman–Crippen LogP) is 5.41. The first-order valence-electron chi connectivity index (χ1n) is 10.8. The highest BCUT2D eigenvalue weighted by Gasteiger charge is 2.32. The fraction of sp³-hybridized carbons (Fsp3) is 0.385. The summed E-state index contributed by atoms with van der Waals surface area (Å²) < 4.78 is 7.23. The molecule has 0 radical (unpaired) electrons. The number of hydrogen-bond donors (Lipinski definition) is 2. The molecular formula is C26H30N2O4. The number of amides is 1. The van der Waals surface area contributed by atoms with Gasteiger partial charge in [-0.15, -0.1) is 0 Å². The summed E-state index contributed by atoms with van der Waals surface area (Å²) in [7, 11) is 0. The van der Waals surface area contributed by atoms with Crippen LogP contribution in [0, 0.1) is 5.41 Å². The van der Waals surface area contributed by atoms with Crippen LogP contribution in [0.5, 0.6) is 0 Å². The van der Waals surface area contributed by atoms with Crippen LogP contribution in [0.1, 0.15) is 69.1 Å². The molecule has 6 nitrogen and oxygen atoms in total. The van der Waals surface area contributed by atoms with Crippen LogP contribution in [0.2, 0.25) is 0 Å². The highest BCUT2D eigenvalue weighted by molar-refractivity contribution is 6.07. The normalized spacial score (nSPS) is 14.9. The van der Waals surface area contributed by atoms with Gasteiger partial charge in [0.2, 0.25) is 0 Å². The van der Waals surface area contributed by atoms with E-state index in [-0.39, 0.29) is 11.3 Å². The molecule has 1 aliphatic rings. The number of hydrogen-bond acceptors (Lipinski definition) is 4. The Morgan fingerprint density at radius 1 is 1.09 bits per heavy atom. The van der Waals surface area contributed by atoms with Gasteiger partial charge in [0.15, 0.2) is 0 Å². The van der Waals surface area contributed by atoms with E-state index in [4.69, 9.17) is 4.74 Å². The molecular weight excluding hydrogens is 404 g/mol. The average Bonchev–Trinajstić information content (AvgIpc) is 3.25. The molecule has 32 heavy (non-hydrogen) atoms. The predicted molar refractivity (Wildman–Crippen MR) is 125 cm³/mol. The first-order valence-corrected chi connectivity index (χ1v) is 10.8. The number of carbonyl (C=O) groups is 2. The van der Waals surface area contributed by atoms with E-state index < -0.39 is 17.8 Å². The minimum atomic E-state index is -0.735. The number of nitrogens with zero attached hydrogens (tertiary/aromatic N) is 1. The van der Waals surface area contributed by atoms with Gasteiger partial charge in [-0.2, -0.15) is 0 Å². The number of para-hydroxylation sites is 1. The van der Waals surface area contributed by atoms with Crippen LogP contribution < -0.4 is 5.32 Å². The molecule has 168 valence electrons. The topological polar surface area (TPSA) is 80.6 Å². The van der Waals surface area contributed by atoms with Crippen LogP contribution >= 0.6 is 0 Å².